The molecule has 0 N–H and O–H groups in total. The van der Waals surface area contributed by atoms with E-state index in [1.165, 1.54) is 11.1 Å². The van der Waals surface area contributed by atoms with Crippen molar-refractivity contribution in [1.29, 1.82) is 0 Å². The van der Waals surface area contributed by atoms with Crippen molar-refractivity contribution < 1.29 is 0 Å². The molecule has 0 atom stereocenters. The maximum absolute atomic E-state index is 4.09. The van der Waals surface area contributed by atoms with Crippen LogP contribution in [-0.4, -0.2) is 15.0 Å². The quantitative estimate of drug-likeness (QED) is 0.659. The summed E-state index contributed by atoms with van der Waals surface area (Å²) in [5, 5.41) is 8.19. The maximum atomic E-state index is 4.09. The van der Waals surface area contributed by atoms with Crippen LogP contribution in [0.2, 0.25) is 0 Å². The van der Waals surface area contributed by atoms with Crippen molar-refractivity contribution >= 4 is 0 Å². The SMILES string of the molecule is Cc1cccc(-n2nccn2)c1C. The van der Waals surface area contributed by atoms with Gasteiger partial charge in [0.15, 0.2) is 0 Å². The van der Waals surface area contributed by atoms with Crippen molar-refractivity contribution in [1.82, 2.24) is 15.0 Å². The first kappa shape index (κ1) is 7.98. The Morgan fingerprint density at radius 1 is 1.08 bits per heavy atom. The second-order valence-electron chi connectivity index (χ2n) is 3.04. The van der Waals surface area contributed by atoms with Crippen LogP contribution in [0.25, 0.3) is 5.69 Å². The summed E-state index contributed by atoms with van der Waals surface area (Å²) >= 11 is 0. The standard InChI is InChI=1S/C10H11N3/c1-8-4-3-5-10(9(8)2)13-11-6-7-12-13/h3-7H,1-2H3. The fourth-order valence-electron chi connectivity index (χ4n) is 1.29. The smallest absolute Gasteiger partial charge is 0.0888 e. The summed E-state index contributed by atoms with van der Waals surface area (Å²) < 4.78 is 0. The van der Waals surface area contributed by atoms with Gasteiger partial charge in [0.1, 0.15) is 0 Å². The lowest BCUT2D eigenvalue weighted by Gasteiger charge is -2.06. The number of benzene rings is 1. The van der Waals surface area contributed by atoms with Crippen LogP contribution >= 0.6 is 0 Å². The van der Waals surface area contributed by atoms with Crippen LogP contribution in [0.1, 0.15) is 11.1 Å². The molecule has 0 fully saturated rings. The first-order valence-electron chi connectivity index (χ1n) is 4.22. The highest BCUT2D eigenvalue weighted by molar-refractivity contribution is 5.42. The summed E-state index contributed by atoms with van der Waals surface area (Å²) in [5.41, 5.74) is 3.53. The van der Waals surface area contributed by atoms with Crippen LogP contribution in [0.5, 0.6) is 0 Å². The second kappa shape index (κ2) is 3.01. The molecular weight excluding hydrogens is 162 g/mol. The molecule has 66 valence electrons. The molecule has 0 aliphatic heterocycles. The molecule has 0 bridgehead atoms. The van der Waals surface area contributed by atoms with E-state index in [0.717, 1.165) is 5.69 Å². The van der Waals surface area contributed by atoms with Gasteiger partial charge in [0.25, 0.3) is 0 Å². The lowest BCUT2D eigenvalue weighted by Crippen LogP contribution is -2.01. The second-order valence-corrected chi connectivity index (χ2v) is 3.04. The van der Waals surface area contributed by atoms with E-state index in [1.54, 1.807) is 17.2 Å². The number of aryl methyl sites for hydroxylation is 1. The molecule has 0 saturated carbocycles. The van der Waals surface area contributed by atoms with Crippen LogP contribution in [0.4, 0.5) is 0 Å². The van der Waals surface area contributed by atoms with Gasteiger partial charge < -0.3 is 0 Å². The number of aromatic nitrogens is 3. The minimum Gasteiger partial charge on any atom is -0.157 e. The normalized spacial score (nSPS) is 10.3. The van der Waals surface area contributed by atoms with Gasteiger partial charge in [-0.25, -0.2) is 0 Å². The molecule has 3 nitrogen and oxygen atoms in total. The summed E-state index contributed by atoms with van der Waals surface area (Å²) in [5.74, 6) is 0. The Labute approximate surface area is 77.0 Å². The Bertz CT molecular complexity index is 404. The monoisotopic (exact) mass is 173 g/mol. The lowest BCUT2D eigenvalue weighted by molar-refractivity contribution is 0.746. The number of hydrogen-bond donors (Lipinski definition) is 0. The zero-order chi connectivity index (χ0) is 9.26. The van der Waals surface area contributed by atoms with Crippen LogP contribution in [0.15, 0.2) is 30.6 Å². The molecule has 2 aromatic rings. The van der Waals surface area contributed by atoms with Gasteiger partial charge in [-0.2, -0.15) is 15.0 Å². The van der Waals surface area contributed by atoms with E-state index >= 15 is 0 Å². The highest BCUT2D eigenvalue weighted by Crippen LogP contribution is 2.14. The van der Waals surface area contributed by atoms with E-state index in [2.05, 4.69) is 30.1 Å². The van der Waals surface area contributed by atoms with Gasteiger partial charge in [-0.05, 0) is 31.0 Å². The molecule has 0 amide bonds. The van der Waals surface area contributed by atoms with Gasteiger partial charge in [-0.1, -0.05) is 12.1 Å². The molecule has 0 aliphatic rings. The number of hydrogen-bond acceptors (Lipinski definition) is 2. The van der Waals surface area contributed by atoms with Gasteiger partial charge in [-0.15, -0.1) is 0 Å². The van der Waals surface area contributed by atoms with Crippen molar-refractivity contribution in [3.8, 4) is 5.69 Å². The van der Waals surface area contributed by atoms with Crippen molar-refractivity contribution in [3.05, 3.63) is 41.7 Å². The molecule has 0 spiro atoms. The van der Waals surface area contributed by atoms with Crippen LogP contribution in [-0.2, 0) is 0 Å². The minimum atomic E-state index is 1.05. The Hall–Kier alpha value is -1.64. The molecule has 13 heavy (non-hydrogen) atoms. The van der Waals surface area contributed by atoms with E-state index in [9.17, 15) is 0 Å². The van der Waals surface area contributed by atoms with E-state index < -0.39 is 0 Å². The Morgan fingerprint density at radius 2 is 1.77 bits per heavy atom. The van der Waals surface area contributed by atoms with Crippen molar-refractivity contribution in [2.45, 2.75) is 13.8 Å². The third kappa shape index (κ3) is 1.33. The zero-order valence-corrected chi connectivity index (χ0v) is 7.73. The molecule has 0 aliphatic carbocycles. The van der Waals surface area contributed by atoms with Crippen molar-refractivity contribution in [2.75, 3.05) is 0 Å². The van der Waals surface area contributed by atoms with Gasteiger partial charge in [-0.3, -0.25) is 0 Å². The number of nitrogens with zero attached hydrogens (tertiary/aromatic N) is 3. The van der Waals surface area contributed by atoms with Gasteiger partial charge in [0.05, 0.1) is 18.1 Å². The van der Waals surface area contributed by atoms with E-state index in [-0.39, 0.29) is 0 Å². The average molecular weight is 173 g/mol. The fourth-order valence-corrected chi connectivity index (χ4v) is 1.29. The fraction of sp³-hybridized carbons (Fsp3) is 0.200. The molecule has 1 aromatic heterocycles. The van der Waals surface area contributed by atoms with Crippen LogP contribution < -0.4 is 0 Å². The minimum absolute atomic E-state index is 1.05. The molecule has 3 heteroatoms. The van der Waals surface area contributed by atoms with Gasteiger partial charge >= 0.3 is 0 Å². The van der Waals surface area contributed by atoms with Gasteiger partial charge in [0, 0.05) is 0 Å². The van der Waals surface area contributed by atoms with E-state index in [4.69, 9.17) is 0 Å². The molecular formula is C10H11N3. The largest absolute Gasteiger partial charge is 0.157 e. The van der Waals surface area contributed by atoms with Crippen molar-refractivity contribution in [3.63, 3.8) is 0 Å². The highest BCUT2D eigenvalue weighted by Gasteiger charge is 2.02. The third-order valence-corrected chi connectivity index (χ3v) is 2.21. The predicted molar refractivity (Wildman–Crippen MR) is 50.8 cm³/mol. The summed E-state index contributed by atoms with van der Waals surface area (Å²) in [6.45, 7) is 4.16. The molecule has 0 unspecified atom stereocenters. The van der Waals surface area contributed by atoms with E-state index in [0.29, 0.717) is 0 Å². The summed E-state index contributed by atoms with van der Waals surface area (Å²) in [6.07, 6.45) is 3.36. The predicted octanol–water partition coefficient (Wildman–Crippen LogP) is 1.88. The molecule has 1 heterocycles. The summed E-state index contributed by atoms with van der Waals surface area (Å²) in [7, 11) is 0. The highest BCUT2D eigenvalue weighted by atomic mass is 15.5. The molecule has 1 aromatic carbocycles. The van der Waals surface area contributed by atoms with Crippen LogP contribution in [0.3, 0.4) is 0 Å². The molecule has 0 radical (unpaired) electrons. The van der Waals surface area contributed by atoms with Crippen molar-refractivity contribution in [2.24, 2.45) is 0 Å². The Balaban J connectivity index is 2.59. The lowest BCUT2D eigenvalue weighted by atomic mass is 10.1. The summed E-state index contributed by atoms with van der Waals surface area (Å²) in [6, 6.07) is 6.12. The zero-order valence-electron chi connectivity index (χ0n) is 7.73. The first-order chi connectivity index (χ1) is 6.29. The Kier molecular flexibility index (Phi) is 1.85. The van der Waals surface area contributed by atoms with Gasteiger partial charge in [0.2, 0.25) is 0 Å². The average Bonchev–Trinajstić information content (AvgIpc) is 2.62. The topological polar surface area (TPSA) is 30.7 Å². The molecule has 0 saturated heterocycles. The molecule has 2 rings (SSSR count). The summed E-state index contributed by atoms with van der Waals surface area (Å²) in [4.78, 5) is 1.64. The number of rotatable bonds is 1. The maximum Gasteiger partial charge on any atom is 0.0888 e. The Morgan fingerprint density at radius 3 is 2.46 bits per heavy atom. The third-order valence-electron chi connectivity index (χ3n) is 2.21. The van der Waals surface area contributed by atoms with E-state index in [1.807, 2.05) is 12.1 Å². The van der Waals surface area contributed by atoms with Crippen LogP contribution in [0, 0.1) is 13.8 Å². The first-order valence-corrected chi connectivity index (χ1v) is 4.22.